The zero-order valence-corrected chi connectivity index (χ0v) is 20.5. The zero-order chi connectivity index (χ0) is 24.4. The number of hydrogen-bond acceptors (Lipinski definition) is 7. The number of hydrogen-bond donors (Lipinski definition) is 1. The summed E-state index contributed by atoms with van der Waals surface area (Å²) in [5.41, 5.74) is 1.04. The quantitative estimate of drug-likeness (QED) is 0.396. The van der Waals surface area contributed by atoms with Gasteiger partial charge in [-0.05, 0) is 48.9 Å². The number of carbonyl (C=O) groups excluding carboxylic acids is 2. The van der Waals surface area contributed by atoms with E-state index in [1.54, 1.807) is 36.4 Å². The van der Waals surface area contributed by atoms with Gasteiger partial charge in [0.05, 0.1) is 31.9 Å². The number of halogens is 1. The molecule has 1 aliphatic rings. The number of nitrogens with zero attached hydrogens (tertiary/aromatic N) is 1. The molecule has 1 atom stereocenters. The maximum Gasteiger partial charge on any atom is 0.290 e. The Morgan fingerprint density at radius 2 is 1.94 bits per heavy atom. The predicted octanol–water partition coefficient (Wildman–Crippen LogP) is 4.83. The number of ketones is 1. The highest BCUT2D eigenvalue weighted by molar-refractivity contribution is 9.10. The Morgan fingerprint density at radius 3 is 2.65 bits per heavy atom. The second-order valence-electron chi connectivity index (χ2n) is 7.62. The third kappa shape index (κ3) is 4.28. The minimum absolute atomic E-state index is 0.0268. The molecule has 178 valence electrons. The highest BCUT2D eigenvalue weighted by atomic mass is 79.9. The van der Waals surface area contributed by atoms with Crippen LogP contribution in [0.1, 0.15) is 29.1 Å². The standard InChI is InChI=1S/C25H24BrNO7/c1-4-33-18-7-5-14(12-19(18)32-3)22-21(24(29)25(30)27(22)9-10-31-2)23(28)20-13-15-11-16(26)6-8-17(15)34-20/h5-8,11-13,22,29H,4,9-10H2,1-3H3. The van der Waals surface area contributed by atoms with Gasteiger partial charge in [-0.2, -0.15) is 0 Å². The molecule has 4 rings (SSSR count). The van der Waals surface area contributed by atoms with Crippen LogP contribution < -0.4 is 9.47 Å². The largest absolute Gasteiger partial charge is 0.503 e. The van der Waals surface area contributed by atoms with E-state index >= 15 is 0 Å². The molecule has 0 spiro atoms. The average molecular weight is 530 g/mol. The molecule has 0 radical (unpaired) electrons. The van der Waals surface area contributed by atoms with E-state index in [4.69, 9.17) is 18.6 Å². The van der Waals surface area contributed by atoms with Crippen molar-refractivity contribution < 1.29 is 33.3 Å². The first-order valence-corrected chi connectivity index (χ1v) is 11.5. The van der Waals surface area contributed by atoms with Crippen LogP contribution in [0.25, 0.3) is 11.0 Å². The number of furan rings is 1. The SMILES string of the molecule is CCOc1ccc(C2C(C(=O)c3cc4cc(Br)ccc4o3)=C(O)C(=O)N2CCOC)cc1OC. The van der Waals surface area contributed by atoms with Crippen LogP contribution in [0.4, 0.5) is 0 Å². The number of benzene rings is 2. The van der Waals surface area contributed by atoms with Crippen LogP contribution in [0.5, 0.6) is 11.5 Å². The number of Topliss-reactive ketones (excluding diaryl/α,β-unsaturated/α-hetero) is 1. The Labute approximate surface area is 204 Å². The van der Waals surface area contributed by atoms with E-state index in [2.05, 4.69) is 15.9 Å². The lowest BCUT2D eigenvalue weighted by Crippen LogP contribution is -2.34. The predicted molar refractivity (Wildman–Crippen MR) is 128 cm³/mol. The lowest BCUT2D eigenvalue weighted by Gasteiger charge is -2.27. The minimum Gasteiger partial charge on any atom is -0.503 e. The van der Waals surface area contributed by atoms with Crippen molar-refractivity contribution in [1.82, 2.24) is 4.90 Å². The molecule has 0 aliphatic carbocycles. The summed E-state index contributed by atoms with van der Waals surface area (Å²) in [6.07, 6.45) is 0. The van der Waals surface area contributed by atoms with Gasteiger partial charge in [-0.3, -0.25) is 9.59 Å². The third-order valence-electron chi connectivity index (χ3n) is 5.59. The number of aliphatic hydroxyl groups is 1. The molecule has 9 heteroatoms. The van der Waals surface area contributed by atoms with Crippen LogP contribution in [-0.4, -0.2) is 55.7 Å². The number of carbonyl (C=O) groups is 2. The number of rotatable bonds is 9. The monoisotopic (exact) mass is 529 g/mol. The zero-order valence-electron chi connectivity index (χ0n) is 19.0. The Morgan fingerprint density at radius 1 is 1.15 bits per heavy atom. The Hall–Kier alpha value is -3.30. The van der Waals surface area contributed by atoms with Gasteiger partial charge in [-0.15, -0.1) is 0 Å². The molecule has 2 heterocycles. The molecule has 0 bridgehead atoms. The molecule has 0 saturated heterocycles. The fourth-order valence-electron chi connectivity index (χ4n) is 4.04. The van der Waals surface area contributed by atoms with Gasteiger partial charge in [-0.25, -0.2) is 0 Å². The van der Waals surface area contributed by atoms with Gasteiger partial charge in [0.25, 0.3) is 5.91 Å². The number of methoxy groups -OCH3 is 2. The number of fused-ring (bicyclic) bond motifs is 1. The lowest BCUT2D eigenvalue weighted by atomic mass is 9.94. The molecule has 1 amide bonds. The normalized spacial score (nSPS) is 15.9. The molecular formula is C25H24BrNO7. The molecule has 0 fully saturated rings. The van der Waals surface area contributed by atoms with Gasteiger partial charge in [0.2, 0.25) is 5.78 Å². The maximum atomic E-state index is 13.6. The Balaban J connectivity index is 1.81. The van der Waals surface area contributed by atoms with E-state index in [1.807, 2.05) is 13.0 Å². The van der Waals surface area contributed by atoms with Crippen LogP contribution >= 0.6 is 15.9 Å². The highest BCUT2D eigenvalue weighted by Gasteiger charge is 2.44. The second kappa shape index (κ2) is 9.90. The minimum atomic E-state index is -0.861. The second-order valence-corrected chi connectivity index (χ2v) is 8.54. The van der Waals surface area contributed by atoms with E-state index in [-0.39, 0.29) is 24.5 Å². The molecule has 1 aromatic heterocycles. The van der Waals surface area contributed by atoms with E-state index in [0.29, 0.717) is 29.3 Å². The van der Waals surface area contributed by atoms with Crippen LogP contribution in [0.3, 0.4) is 0 Å². The van der Waals surface area contributed by atoms with Gasteiger partial charge in [0.15, 0.2) is 23.0 Å². The van der Waals surface area contributed by atoms with Gasteiger partial charge >= 0.3 is 0 Å². The fraction of sp³-hybridized carbons (Fsp3) is 0.280. The summed E-state index contributed by atoms with van der Waals surface area (Å²) in [6, 6.07) is 11.3. The van der Waals surface area contributed by atoms with Crippen molar-refractivity contribution in [2.45, 2.75) is 13.0 Å². The first-order chi connectivity index (χ1) is 16.4. The Bertz CT molecular complexity index is 1280. The van der Waals surface area contributed by atoms with Crippen molar-refractivity contribution in [3.05, 3.63) is 69.6 Å². The van der Waals surface area contributed by atoms with Gasteiger partial charge in [0, 0.05) is 23.5 Å². The summed E-state index contributed by atoms with van der Waals surface area (Å²) in [5, 5.41) is 11.5. The molecule has 2 aromatic carbocycles. The van der Waals surface area contributed by atoms with Crippen molar-refractivity contribution in [1.29, 1.82) is 0 Å². The summed E-state index contributed by atoms with van der Waals surface area (Å²) >= 11 is 3.40. The topological polar surface area (TPSA) is 98.4 Å². The van der Waals surface area contributed by atoms with Crippen molar-refractivity contribution in [3.8, 4) is 11.5 Å². The lowest BCUT2D eigenvalue weighted by molar-refractivity contribution is -0.130. The third-order valence-corrected chi connectivity index (χ3v) is 6.08. The van der Waals surface area contributed by atoms with Crippen LogP contribution in [0.15, 0.2) is 62.7 Å². The summed E-state index contributed by atoms with van der Waals surface area (Å²) in [4.78, 5) is 28.0. The maximum absolute atomic E-state index is 13.6. The Kier molecular flexibility index (Phi) is 6.95. The smallest absolute Gasteiger partial charge is 0.290 e. The van der Waals surface area contributed by atoms with Crippen molar-refractivity contribution in [2.24, 2.45) is 0 Å². The highest BCUT2D eigenvalue weighted by Crippen LogP contribution is 2.42. The molecular weight excluding hydrogens is 506 g/mol. The van der Waals surface area contributed by atoms with Crippen molar-refractivity contribution in [2.75, 3.05) is 34.0 Å². The number of aliphatic hydroxyl groups excluding tert-OH is 1. The first kappa shape index (κ1) is 23.8. The molecule has 0 saturated carbocycles. The van der Waals surface area contributed by atoms with Gasteiger partial charge in [0.1, 0.15) is 5.58 Å². The van der Waals surface area contributed by atoms with E-state index in [9.17, 15) is 14.7 Å². The summed E-state index contributed by atoms with van der Waals surface area (Å²) in [7, 11) is 3.03. The summed E-state index contributed by atoms with van der Waals surface area (Å²) in [6.45, 7) is 2.70. The number of amides is 1. The van der Waals surface area contributed by atoms with Crippen LogP contribution in [0.2, 0.25) is 0 Å². The van der Waals surface area contributed by atoms with Gasteiger partial charge < -0.3 is 28.6 Å². The fourth-order valence-corrected chi connectivity index (χ4v) is 4.42. The van der Waals surface area contributed by atoms with E-state index < -0.39 is 23.5 Å². The molecule has 1 aliphatic heterocycles. The van der Waals surface area contributed by atoms with E-state index in [0.717, 1.165) is 9.86 Å². The molecule has 34 heavy (non-hydrogen) atoms. The molecule has 3 aromatic rings. The van der Waals surface area contributed by atoms with Gasteiger partial charge in [-0.1, -0.05) is 22.0 Å². The van der Waals surface area contributed by atoms with Crippen LogP contribution in [0, 0.1) is 0 Å². The first-order valence-electron chi connectivity index (χ1n) is 10.7. The molecule has 1 N–H and O–H groups in total. The average Bonchev–Trinajstić information content (AvgIpc) is 3.36. The van der Waals surface area contributed by atoms with E-state index in [1.165, 1.54) is 19.1 Å². The summed E-state index contributed by atoms with van der Waals surface area (Å²) < 4.78 is 22.8. The molecule has 8 nitrogen and oxygen atoms in total. The number of ether oxygens (including phenoxy) is 3. The molecule has 1 unspecified atom stereocenters. The summed E-state index contributed by atoms with van der Waals surface area (Å²) in [5.74, 6) is -0.830. The van der Waals surface area contributed by atoms with Crippen molar-refractivity contribution in [3.63, 3.8) is 0 Å². The van der Waals surface area contributed by atoms with Crippen molar-refractivity contribution >= 4 is 38.6 Å². The van der Waals surface area contributed by atoms with Crippen LogP contribution in [-0.2, 0) is 9.53 Å².